The van der Waals surface area contributed by atoms with Gasteiger partial charge in [0.15, 0.2) is 6.61 Å². The van der Waals surface area contributed by atoms with Crippen molar-refractivity contribution in [1.82, 2.24) is 0 Å². The van der Waals surface area contributed by atoms with Gasteiger partial charge in [0.05, 0.1) is 24.3 Å². The Morgan fingerprint density at radius 3 is 2.64 bits per heavy atom. The van der Waals surface area contributed by atoms with Crippen molar-refractivity contribution in [1.29, 1.82) is 5.26 Å². The minimum Gasteiger partial charge on any atom is -0.484 e. The number of fused-ring (bicyclic) bond motifs is 1. The second kappa shape index (κ2) is 7.05. The van der Waals surface area contributed by atoms with Crippen LogP contribution in [0.2, 0.25) is 0 Å². The Kier molecular flexibility index (Phi) is 4.66. The minimum atomic E-state index is -0.392. The monoisotopic (exact) mass is 336 g/mol. The Morgan fingerprint density at radius 1 is 1.20 bits per heavy atom. The van der Waals surface area contributed by atoms with Crippen molar-refractivity contribution in [2.45, 2.75) is 6.42 Å². The lowest BCUT2D eigenvalue weighted by atomic mass is 10.1. The van der Waals surface area contributed by atoms with Crippen LogP contribution < -0.4 is 9.64 Å². The molecule has 0 N–H and O–H groups in total. The summed E-state index contributed by atoms with van der Waals surface area (Å²) in [6, 6.07) is 13.8. The van der Waals surface area contributed by atoms with E-state index in [1.54, 1.807) is 47.4 Å². The fourth-order valence-corrected chi connectivity index (χ4v) is 2.75. The van der Waals surface area contributed by atoms with Gasteiger partial charge in [-0.25, -0.2) is 4.79 Å². The molecule has 3 rings (SSSR count). The third kappa shape index (κ3) is 3.45. The molecule has 0 bridgehead atoms. The number of methoxy groups -OCH3 is 1. The number of ether oxygens (including phenoxy) is 2. The lowest BCUT2D eigenvalue weighted by Gasteiger charge is -2.17. The van der Waals surface area contributed by atoms with E-state index in [0.29, 0.717) is 29.8 Å². The summed E-state index contributed by atoms with van der Waals surface area (Å²) in [7, 11) is 1.34. The van der Waals surface area contributed by atoms with E-state index < -0.39 is 5.97 Å². The molecule has 1 aliphatic rings. The molecular formula is C19H16N2O4. The summed E-state index contributed by atoms with van der Waals surface area (Å²) in [6.07, 6.45) is 0.683. The van der Waals surface area contributed by atoms with Gasteiger partial charge in [0.2, 0.25) is 0 Å². The van der Waals surface area contributed by atoms with Crippen LogP contribution >= 0.6 is 0 Å². The largest absolute Gasteiger partial charge is 0.484 e. The van der Waals surface area contributed by atoms with E-state index in [0.717, 1.165) is 11.3 Å². The smallest absolute Gasteiger partial charge is 0.337 e. The lowest BCUT2D eigenvalue weighted by Crippen LogP contribution is -2.33. The molecule has 0 aliphatic carbocycles. The maximum Gasteiger partial charge on any atom is 0.337 e. The first-order valence-corrected chi connectivity index (χ1v) is 7.77. The number of hydrogen-bond acceptors (Lipinski definition) is 5. The molecular weight excluding hydrogens is 320 g/mol. The molecule has 1 aliphatic heterocycles. The number of benzene rings is 2. The topological polar surface area (TPSA) is 79.6 Å². The van der Waals surface area contributed by atoms with Crippen LogP contribution in [-0.2, 0) is 16.0 Å². The number of nitrogens with zero attached hydrogens (tertiary/aromatic N) is 2. The third-order valence-corrected chi connectivity index (χ3v) is 4.04. The Hall–Kier alpha value is -3.33. The van der Waals surface area contributed by atoms with E-state index in [4.69, 9.17) is 14.7 Å². The van der Waals surface area contributed by atoms with E-state index in [1.807, 2.05) is 6.07 Å². The number of esters is 1. The molecule has 0 aromatic heterocycles. The van der Waals surface area contributed by atoms with Crippen LogP contribution in [-0.4, -0.2) is 32.1 Å². The second-order valence-electron chi connectivity index (χ2n) is 5.56. The molecule has 2 aromatic carbocycles. The van der Waals surface area contributed by atoms with Crippen LogP contribution in [0.25, 0.3) is 0 Å². The van der Waals surface area contributed by atoms with E-state index in [-0.39, 0.29) is 12.5 Å². The summed E-state index contributed by atoms with van der Waals surface area (Å²) in [5.41, 5.74) is 2.74. The van der Waals surface area contributed by atoms with E-state index >= 15 is 0 Å². The van der Waals surface area contributed by atoms with Crippen LogP contribution in [0.15, 0.2) is 42.5 Å². The Bertz CT molecular complexity index is 853. The number of carbonyl (C=O) groups excluding carboxylic acids is 2. The summed E-state index contributed by atoms with van der Waals surface area (Å²) >= 11 is 0. The van der Waals surface area contributed by atoms with Gasteiger partial charge in [-0.1, -0.05) is 0 Å². The van der Waals surface area contributed by atoms with Crippen LogP contribution in [0, 0.1) is 11.3 Å². The van der Waals surface area contributed by atoms with Gasteiger partial charge >= 0.3 is 5.97 Å². The van der Waals surface area contributed by atoms with Gasteiger partial charge in [0.25, 0.3) is 5.91 Å². The van der Waals surface area contributed by atoms with Crippen LogP contribution in [0.3, 0.4) is 0 Å². The average Bonchev–Trinajstić information content (AvgIpc) is 3.09. The number of rotatable bonds is 4. The van der Waals surface area contributed by atoms with Gasteiger partial charge in [-0.15, -0.1) is 0 Å². The van der Waals surface area contributed by atoms with E-state index in [1.165, 1.54) is 7.11 Å². The molecule has 0 atom stereocenters. The highest BCUT2D eigenvalue weighted by atomic mass is 16.5. The van der Waals surface area contributed by atoms with Crippen LogP contribution in [0.4, 0.5) is 5.69 Å². The van der Waals surface area contributed by atoms with Gasteiger partial charge < -0.3 is 14.4 Å². The SMILES string of the molecule is COC(=O)c1ccc2c(c1)CCN2C(=O)COc1ccc(C#N)cc1. The van der Waals surface area contributed by atoms with Crippen molar-refractivity contribution in [2.24, 2.45) is 0 Å². The van der Waals surface area contributed by atoms with E-state index in [9.17, 15) is 9.59 Å². The highest BCUT2D eigenvalue weighted by Crippen LogP contribution is 2.29. The molecule has 6 nitrogen and oxygen atoms in total. The summed E-state index contributed by atoms with van der Waals surface area (Å²) in [5, 5.41) is 8.77. The molecule has 6 heteroatoms. The number of hydrogen-bond donors (Lipinski definition) is 0. The Morgan fingerprint density at radius 2 is 1.96 bits per heavy atom. The fourth-order valence-electron chi connectivity index (χ4n) is 2.75. The number of carbonyl (C=O) groups is 2. The van der Waals surface area contributed by atoms with Crippen LogP contribution in [0.5, 0.6) is 5.75 Å². The number of nitriles is 1. The lowest BCUT2D eigenvalue weighted by molar-refractivity contribution is -0.120. The van der Waals surface area contributed by atoms with E-state index in [2.05, 4.69) is 0 Å². The molecule has 0 spiro atoms. The molecule has 0 saturated heterocycles. The zero-order valence-electron chi connectivity index (χ0n) is 13.7. The Balaban J connectivity index is 1.66. The van der Waals surface area contributed by atoms with Gasteiger partial charge in [-0.2, -0.15) is 5.26 Å². The predicted molar refractivity (Wildman–Crippen MR) is 90.5 cm³/mol. The molecule has 126 valence electrons. The summed E-state index contributed by atoms with van der Waals surface area (Å²) < 4.78 is 10.2. The van der Waals surface area contributed by atoms with Gasteiger partial charge in [-0.3, -0.25) is 4.79 Å². The first-order chi connectivity index (χ1) is 12.1. The quantitative estimate of drug-likeness (QED) is 0.801. The van der Waals surface area contributed by atoms with Gasteiger partial charge in [0.1, 0.15) is 5.75 Å². The first kappa shape index (κ1) is 16.5. The van der Waals surface area contributed by atoms with Crippen molar-refractivity contribution in [3.63, 3.8) is 0 Å². The number of amides is 1. The molecule has 1 heterocycles. The molecule has 0 saturated carbocycles. The molecule has 25 heavy (non-hydrogen) atoms. The van der Waals surface area contributed by atoms with Crippen molar-refractivity contribution < 1.29 is 19.1 Å². The zero-order chi connectivity index (χ0) is 17.8. The van der Waals surface area contributed by atoms with Crippen LogP contribution in [0.1, 0.15) is 21.5 Å². The molecule has 0 radical (unpaired) electrons. The van der Waals surface area contributed by atoms with Crippen molar-refractivity contribution in [3.05, 3.63) is 59.2 Å². The first-order valence-electron chi connectivity index (χ1n) is 7.77. The molecule has 0 fully saturated rings. The maximum atomic E-state index is 12.4. The second-order valence-corrected chi connectivity index (χ2v) is 5.56. The van der Waals surface area contributed by atoms with Crippen molar-refractivity contribution >= 4 is 17.6 Å². The predicted octanol–water partition coefficient (Wildman–Crippen LogP) is 2.31. The zero-order valence-corrected chi connectivity index (χ0v) is 13.7. The standard InChI is InChI=1S/C19H16N2O4/c1-24-19(23)15-4-7-17-14(10-15)8-9-21(17)18(22)12-25-16-5-2-13(11-20)3-6-16/h2-7,10H,8-9,12H2,1H3. The molecule has 2 aromatic rings. The van der Waals surface area contributed by atoms with Gasteiger partial charge in [-0.05, 0) is 54.4 Å². The normalized spacial score (nSPS) is 12.2. The summed E-state index contributed by atoms with van der Waals surface area (Å²) in [5.74, 6) is -0.0153. The summed E-state index contributed by atoms with van der Waals surface area (Å²) in [4.78, 5) is 25.7. The fraction of sp³-hybridized carbons (Fsp3) is 0.211. The highest BCUT2D eigenvalue weighted by Gasteiger charge is 2.25. The number of anilines is 1. The maximum absolute atomic E-state index is 12.4. The molecule has 1 amide bonds. The van der Waals surface area contributed by atoms with Crippen molar-refractivity contribution in [2.75, 3.05) is 25.2 Å². The van der Waals surface area contributed by atoms with Gasteiger partial charge in [0, 0.05) is 12.2 Å². The average molecular weight is 336 g/mol. The highest BCUT2D eigenvalue weighted by molar-refractivity contribution is 5.98. The minimum absolute atomic E-state index is 0.0932. The van der Waals surface area contributed by atoms with Crippen molar-refractivity contribution in [3.8, 4) is 11.8 Å². The molecule has 0 unspecified atom stereocenters. The summed E-state index contributed by atoms with van der Waals surface area (Å²) in [6.45, 7) is 0.458. The Labute approximate surface area is 145 Å². The third-order valence-electron chi connectivity index (χ3n) is 4.04.